The molecule has 7 nitrogen and oxygen atoms in total. The van der Waals surface area contributed by atoms with E-state index in [0.29, 0.717) is 22.3 Å². The van der Waals surface area contributed by atoms with Gasteiger partial charge in [-0.05, 0) is 9.39 Å². The molecule has 1 atom stereocenters. The Morgan fingerprint density at radius 3 is 2.84 bits per heavy atom. The number of fused-ring (bicyclic) bond motifs is 2. The second-order valence-corrected chi connectivity index (χ2v) is 6.39. The minimum Gasteiger partial charge on any atom is -0.497 e. The summed E-state index contributed by atoms with van der Waals surface area (Å²) in [6, 6.07) is 2.83. The second kappa shape index (κ2) is 5.54. The van der Waals surface area contributed by atoms with Crippen molar-refractivity contribution in [3.05, 3.63) is 39.5 Å². The number of benzene rings is 1. The number of hydrogen-bond donors (Lipinski definition) is 1. The van der Waals surface area contributed by atoms with Crippen LogP contribution in [0, 0.1) is 5.82 Å². The third-order valence-electron chi connectivity index (χ3n) is 3.92. The van der Waals surface area contributed by atoms with Gasteiger partial charge in [0.25, 0.3) is 5.56 Å². The quantitative estimate of drug-likeness (QED) is 0.543. The molecule has 1 N–H and O–H groups in total. The number of aromatic nitrogens is 5. The summed E-state index contributed by atoms with van der Waals surface area (Å²) >= 11 is 6.42. The number of aryl methyl sites for hydroxylation is 1. The van der Waals surface area contributed by atoms with Crippen molar-refractivity contribution < 1.29 is 9.13 Å². The highest BCUT2D eigenvalue weighted by Gasteiger charge is 2.21. The van der Waals surface area contributed by atoms with Gasteiger partial charge in [0.1, 0.15) is 28.2 Å². The smallest absolute Gasteiger partial charge is 0.266 e. The molecule has 0 fully saturated rings. The minimum absolute atomic E-state index is 0.0997. The van der Waals surface area contributed by atoms with Crippen LogP contribution in [0.2, 0.25) is 5.02 Å². The van der Waals surface area contributed by atoms with Crippen molar-refractivity contribution in [1.29, 1.82) is 0 Å². The zero-order valence-corrected chi connectivity index (χ0v) is 15.1. The number of nitrogens with zero attached hydrogens (tertiary/aromatic N) is 4. The summed E-state index contributed by atoms with van der Waals surface area (Å²) in [6.07, 6.45) is 1.68. The zero-order chi connectivity index (χ0) is 17.9. The maximum Gasteiger partial charge on any atom is 0.266 e. The first kappa shape index (κ1) is 16.1. The Kier molecular flexibility index (Phi) is 3.56. The molecule has 0 aliphatic rings. The highest BCUT2D eigenvalue weighted by atomic mass is 35.5. The van der Waals surface area contributed by atoms with Gasteiger partial charge in [0.15, 0.2) is 5.82 Å². The van der Waals surface area contributed by atoms with E-state index < -0.39 is 5.82 Å². The van der Waals surface area contributed by atoms with Gasteiger partial charge in [0, 0.05) is 25.4 Å². The lowest BCUT2D eigenvalue weighted by molar-refractivity contribution is 0.412. The Morgan fingerprint density at radius 1 is 1.36 bits per heavy atom. The van der Waals surface area contributed by atoms with E-state index in [-0.39, 0.29) is 27.5 Å². The third kappa shape index (κ3) is 2.33. The largest absolute Gasteiger partial charge is 0.497 e. The lowest BCUT2D eigenvalue weighted by Gasteiger charge is -2.05. The molecule has 3 heterocycles. The number of methoxy groups -OCH3 is 1. The molecule has 1 aromatic carbocycles. The highest BCUT2D eigenvalue weighted by Crippen LogP contribution is 2.32. The Hall–Kier alpha value is -2.44. The first-order valence-corrected chi connectivity index (χ1v) is 8.06. The Bertz CT molecular complexity index is 1210. The van der Waals surface area contributed by atoms with Crippen LogP contribution in [0.3, 0.4) is 0 Å². The Balaban J connectivity index is 2.06. The van der Waals surface area contributed by atoms with Crippen LogP contribution < -0.4 is 10.3 Å². The fourth-order valence-electron chi connectivity index (χ4n) is 2.74. The fraction of sp³-hybridized carbons (Fsp3) is 0.133. The molecule has 4 rings (SSSR count). The average molecular weight is 380 g/mol. The van der Waals surface area contributed by atoms with Crippen molar-refractivity contribution in [2.45, 2.75) is 0 Å². The molecule has 0 saturated heterocycles. The van der Waals surface area contributed by atoms with E-state index in [0.717, 1.165) is 0 Å². The molecule has 0 aliphatic heterocycles. The van der Waals surface area contributed by atoms with Crippen molar-refractivity contribution in [1.82, 2.24) is 24.1 Å². The Morgan fingerprint density at radius 2 is 2.12 bits per heavy atom. The van der Waals surface area contributed by atoms with Gasteiger partial charge in [-0.25, -0.2) is 9.37 Å². The summed E-state index contributed by atoms with van der Waals surface area (Å²) in [5, 5.41) is 4.43. The molecule has 1 unspecified atom stereocenters. The summed E-state index contributed by atoms with van der Waals surface area (Å²) < 4.78 is 22.2. The third-order valence-corrected chi connectivity index (χ3v) is 4.80. The van der Waals surface area contributed by atoms with E-state index in [1.54, 1.807) is 24.0 Å². The lowest BCUT2D eigenvalue weighted by Crippen LogP contribution is -2.16. The van der Waals surface area contributed by atoms with Gasteiger partial charge in [-0.2, -0.15) is 5.10 Å². The van der Waals surface area contributed by atoms with Gasteiger partial charge < -0.3 is 9.72 Å². The van der Waals surface area contributed by atoms with Crippen LogP contribution in [-0.4, -0.2) is 31.2 Å². The summed E-state index contributed by atoms with van der Waals surface area (Å²) in [4.78, 5) is 19.9. The highest BCUT2D eigenvalue weighted by molar-refractivity contribution is 7.14. The first-order valence-electron chi connectivity index (χ1n) is 7.17. The number of imidazole rings is 1. The molecule has 4 aromatic rings. The lowest BCUT2D eigenvalue weighted by atomic mass is 10.2. The maximum atomic E-state index is 14.2. The number of rotatable bonds is 2. The Labute approximate surface area is 147 Å². The van der Waals surface area contributed by atoms with Crippen LogP contribution in [-0.2, 0) is 7.05 Å². The number of H-pyrrole nitrogens is 1. The van der Waals surface area contributed by atoms with Gasteiger partial charge in [0.2, 0.25) is 0 Å². The average Bonchev–Trinajstić information content (AvgIpc) is 3.17. The molecular formula is C15H12ClFN5O2P. The number of nitrogens with one attached hydrogen (secondary N) is 1. The molecule has 0 spiro atoms. The summed E-state index contributed by atoms with van der Waals surface area (Å²) in [5.74, 6) is -0.0473. The molecule has 25 heavy (non-hydrogen) atoms. The standard InChI is InChI=1S/C15H12ClFN5O2P/c1-21-5-9-13(20-21)11(16)10(15(23)22(9)25)14-18-8-4-6(24-2)3-7(17)12(8)19-14/h3-5H,25H2,1-2H3,(H,18,19). The molecule has 0 amide bonds. The molecule has 0 saturated carbocycles. The van der Waals surface area contributed by atoms with Gasteiger partial charge in [0.05, 0.1) is 23.2 Å². The van der Waals surface area contributed by atoms with Crippen LogP contribution in [0.5, 0.6) is 5.75 Å². The van der Waals surface area contributed by atoms with Crippen molar-refractivity contribution >= 4 is 43.1 Å². The molecule has 10 heteroatoms. The molecule has 128 valence electrons. The minimum atomic E-state index is -0.557. The predicted molar refractivity (Wildman–Crippen MR) is 96.7 cm³/mol. The van der Waals surface area contributed by atoms with E-state index >= 15 is 0 Å². The number of hydrogen-bond acceptors (Lipinski definition) is 4. The van der Waals surface area contributed by atoms with E-state index in [1.165, 1.54) is 17.5 Å². The van der Waals surface area contributed by atoms with Crippen molar-refractivity contribution in [2.24, 2.45) is 7.05 Å². The van der Waals surface area contributed by atoms with Gasteiger partial charge >= 0.3 is 0 Å². The van der Waals surface area contributed by atoms with Crippen molar-refractivity contribution in [3.8, 4) is 17.1 Å². The summed E-state index contributed by atoms with van der Waals surface area (Å²) in [7, 11) is 5.50. The molecular weight excluding hydrogens is 368 g/mol. The van der Waals surface area contributed by atoms with Crippen LogP contribution in [0.1, 0.15) is 0 Å². The summed E-state index contributed by atoms with van der Waals surface area (Å²) in [5.41, 5.74) is 1.25. The maximum absolute atomic E-state index is 14.2. The van der Waals surface area contributed by atoms with Crippen molar-refractivity contribution in [3.63, 3.8) is 0 Å². The fourth-order valence-corrected chi connectivity index (χ4v) is 3.37. The van der Waals surface area contributed by atoms with Crippen LogP contribution in [0.15, 0.2) is 23.1 Å². The number of ether oxygens (including phenoxy) is 1. The predicted octanol–water partition coefficient (Wildman–Crippen LogP) is 2.72. The molecule has 0 aliphatic carbocycles. The van der Waals surface area contributed by atoms with Crippen LogP contribution >= 0.6 is 21.0 Å². The van der Waals surface area contributed by atoms with E-state index in [4.69, 9.17) is 16.3 Å². The van der Waals surface area contributed by atoms with Gasteiger partial charge in [-0.3, -0.25) is 13.8 Å². The normalized spacial score (nSPS) is 11.6. The number of halogens is 2. The SMILES string of the molecule is COc1cc(F)c2nc(-c3c(Cl)c4nn(C)cc4n(P)c3=O)[nH]c2c1. The topological polar surface area (TPSA) is 77.7 Å². The van der Waals surface area contributed by atoms with Gasteiger partial charge in [-0.1, -0.05) is 11.6 Å². The van der Waals surface area contributed by atoms with Crippen LogP contribution in [0.4, 0.5) is 4.39 Å². The molecule has 3 aromatic heterocycles. The van der Waals surface area contributed by atoms with Gasteiger partial charge in [-0.15, -0.1) is 0 Å². The van der Waals surface area contributed by atoms with E-state index in [2.05, 4.69) is 24.5 Å². The second-order valence-electron chi connectivity index (χ2n) is 5.49. The van der Waals surface area contributed by atoms with E-state index in [1.807, 2.05) is 0 Å². The van der Waals surface area contributed by atoms with Crippen molar-refractivity contribution in [2.75, 3.05) is 7.11 Å². The number of pyridine rings is 1. The molecule has 0 radical (unpaired) electrons. The van der Waals surface area contributed by atoms with Crippen LogP contribution in [0.25, 0.3) is 33.5 Å². The molecule has 0 bridgehead atoms. The first-order chi connectivity index (χ1) is 11.9. The van der Waals surface area contributed by atoms with E-state index in [9.17, 15) is 9.18 Å². The number of aromatic amines is 1. The summed E-state index contributed by atoms with van der Waals surface area (Å²) in [6.45, 7) is 0. The monoisotopic (exact) mass is 379 g/mol. The zero-order valence-electron chi connectivity index (χ0n) is 13.2.